The zero-order chi connectivity index (χ0) is 11.5. The Kier molecular flexibility index (Phi) is 3.91. The average Bonchev–Trinajstić information content (AvgIpc) is 2.59. The third-order valence-electron chi connectivity index (χ3n) is 2.66. The van der Waals surface area contributed by atoms with Crippen LogP contribution >= 0.6 is 0 Å². The fourth-order valence-electron chi connectivity index (χ4n) is 1.65. The van der Waals surface area contributed by atoms with Crippen molar-refractivity contribution < 1.29 is 5.11 Å². The fourth-order valence-corrected chi connectivity index (χ4v) is 1.65. The summed E-state index contributed by atoms with van der Waals surface area (Å²) >= 11 is 0. The maximum absolute atomic E-state index is 9.25. The van der Waals surface area contributed by atoms with Crippen LogP contribution in [0.25, 0.3) is 0 Å². The number of aliphatic hydroxyl groups is 1. The van der Waals surface area contributed by atoms with E-state index in [1.807, 2.05) is 4.68 Å². The van der Waals surface area contributed by atoms with Crippen LogP contribution in [0.15, 0.2) is 6.07 Å². The molecule has 0 atom stereocenters. The SMILES string of the molecule is CCc1cc(CC(C)(C)CO)n(CC)n1. The van der Waals surface area contributed by atoms with E-state index in [0.29, 0.717) is 0 Å². The summed E-state index contributed by atoms with van der Waals surface area (Å²) in [6.45, 7) is 9.47. The Balaban J connectivity index is 2.88. The van der Waals surface area contributed by atoms with Crippen LogP contribution in [-0.4, -0.2) is 21.5 Å². The lowest BCUT2D eigenvalue weighted by atomic mass is 9.89. The van der Waals surface area contributed by atoms with Crippen LogP contribution in [0, 0.1) is 5.41 Å². The third kappa shape index (κ3) is 3.06. The smallest absolute Gasteiger partial charge is 0.0624 e. The van der Waals surface area contributed by atoms with Gasteiger partial charge in [-0.25, -0.2) is 0 Å². The first-order valence-corrected chi connectivity index (χ1v) is 5.69. The van der Waals surface area contributed by atoms with Crippen LogP contribution in [0.4, 0.5) is 0 Å². The summed E-state index contributed by atoms with van der Waals surface area (Å²) in [4.78, 5) is 0. The first-order valence-electron chi connectivity index (χ1n) is 5.69. The van der Waals surface area contributed by atoms with Crippen molar-refractivity contribution in [3.8, 4) is 0 Å². The number of rotatable bonds is 5. The molecule has 0 aliphatic carbocycles. The van der Waals surface area contributed by atoms with Crippen molar-refractivity contribution in [3.05, 3.63) is 17.5 Å². The Morgan fingerprint density at radius 3 is 2.53 bits per heavy atom. The molecule has 1 rings (SSSR count). The lowest BCUT2D eigenvalue weighted by molar-refractivity contribution is 0.157. The molecule has 1 aromatic rings. The molecule has 3 heteroatoms. The Morgan fingerprint density at radius 1 is 1.40 bits per heavy atom. The summed E-state index contributed by atoms with van der Waals surface area (Å²) in [5, 5.41) is 13.8. The molecule has 0 unspecified atom stereocenters. The lowest BCUT2D eigenvalue weighted by Gasteiger charge is -2.21. The fraction of sp³-hybridized carbons (Fsp3) is 0.750. The van der Waals surface area contributed by atoms with Gasteiger partial charge in [0.05, 0.1) is 5.69 Å². The molecule has 15 heavy (non-hydrogen) atoms. The van der Waals surface area contributed by atoms with Crippen molar-refractivity contribution >= 4 is 0 Å². The number of aliphatic hydroxyl groups excluding tert-OH is 1. The monoisotopic (exact) mass is 210 g/mol. The number of hydrogen-bond acceptors (Lipinski definition) is 2. The number of aryl methyl sites for hydroxylation is 2. The Hall–Kier alpha value is -0.830. The maximum Gasteiger partial charge on any atom is 0.0624 e. The Bertz CT molecular complexity index is 315. The summed E-state index contributed by atoms with van der Waals surface area (Å²) in [5.74, 6) is 0. The second kappa shape index (κ2) is 4.79. The first kappa shape index (κ1) is 12.2. The minimum Gasteiger partial charge on any atom is -0.396 e. The highest BCUT2D eigenvalue weighted by atomic mass is 16.3. The maximum atomic E-state index is 9.25. The predicted molar refractivity (Wildman–Crippen MR) is 61.8 cm³/mol. The third-order valence-corrected chi connectivity index (χ3v) is 2.66. The number of aromatic nitrogens is 2. The summed E-state index contributed by atoms with van der Waals surface area (Å²) in [5.41, 5.74) is 2.31. The molecule has 0 aliphatic rings. The van der Waals surface area contributed by atoms with Crippen molar-refractivity contribution in [2.75, 3.05) is 6.61 Å². The molecule has 0 saturated carbocycles. The number of nitrogens with zero attached hydrogens (tertiary/aromatic N) is 2. The van der Waals surface area contributed by atoms with Crippen molar-refractivity contribution in [3.63, 3.8) is 0 Å². The van der Waals surface area contributed by atoms with Gasteiger partial charge in [-0.1, -0.05) is 20.8 Å². The molecule has 0 radical (unpaired) electrons. The molecule has 0 fully saturated rings. The van der Waals surface area contributed by atoms with Crippen LogP contribution in [0.5, 0.6) is 0 Å². The zero-order valence-corrected chi connectivity index (χ0v) is 10.2. The van der Waals surface area contributed by atoms with Gasteiger partial charge < -0.3 is 5.11 Å². The minimum atomic E-state index is -0.0576. The van der Waals surface area contributed by atoms with Gasteiger partial charge in [0.25, 0.3) is 0 Å². The van der Waals surface area contributed by atoms with E-state index in [1.54, 1.807) is 0 Å². The standard InChI is InChI=1S/C12H22N2O/c1-5-10-7-11(14(6-2)13-10)8-12(3,4)9-15/h7,15H,5-6,8-9H2,1-4H3. The van der Waals surface area contributed by atoms with Crippen molar-refractivity contribution in [2.45, 2.75) is 47.1 Å². The van der Waals surface area contributed by atoms with Gasteiger partial charge in [0.15, 0.2) is 0 Å². The highest BCUT2D eigenvalue weighted by Gasteiger charge is 2.20. The summed E-state index contributed by atoms with van der Waals surface area (Å²) < 4.78 is 2.04. The van der Waals surface area contributed by atoms with Crippen LogP contribution in [0.3, 0.4) is 0 Å². The van der Waals surface area contributed by atoms with Crippen LogP contribution in [0.2, 0.25) is 0 Å². The minimum absolute atomic E-state index is 0.0576. The van der Waals surface area contributed by atoms with Gasteiger partial charge in [0, 0.05) is 18.8 Å². The van der Waals surface area contributed by atoms with E-state index in [9.17, 15) is 5.11 Å². The molecule has 1 aromatic heterocycles. The molecule has 0 saturated heterocycles. The lowest BCUT2D eigenvalue weighted by Crippen LogP contribution is -2.21. The van der Waals surface area contributed by atoms with Gasteiger partial charge in [-0.15, -0.1) is 0 Å². The van der Waals surface area contributed by atoms with E-state index in [0.717, 1.165) is 25.1 Å². The van der Waals surface area contributed by atoms with Gasteiger partial charge in [0.1, 0.15) is 0 Å². The molecular weight excluding hydrogens is 188 g/mol. The van der Waals surface area contributed by atoms with Crippen LogP contribution in [-0.2, 0) is 19.4 Å². The van der Waals surface area contributed by atoms with Crippen LogP contribution < -0.4 is 0 Å². The van der Waals surface area contributed by atoms with Crippen LogP contribution in [0.1, 0.15) is 39.1 Å². The van der Waals surface area contributed by atoms with Gasteiger partial charge in [-0.2, -0.15) is 5.10 Å². The molecule has 0 amide bonds. The second-order valence-corrected chi connectivity index (χ2v) is 4.80. The Morgan fingerprint density at radius 2 is 2.07 bits per heavy atom. The largest absolute Gasteiger partial charge is 0.396 e. The van der Waals surface area contributed by atoms with E-state index in [4.69, 9.17) is 0 Å². The first-order chi connectivity index (χ1) is 7.02. The van der Waals surface area contributed by atoms with E-state index < -0.39 is 0 Å². The van der Waals surface area contributed by atoms with Gasteiger partial charge in [0.2, 0.25) is 0 Å². The number of hydrogen-bond donors (Lipinski definition) is 1. The summed E-state index contributed by atoms with van der Waals surface area (Å²) in [6, 6.07) is 2.15. The normalized spacial score (nSPS) is 12.1. The van der Waals surface area contributed by atoms with E-state index in [-0.39, 0.29) is 12.0 Å². The highest BCUT2D eigenvalue weighted by Crippen LogP contribution is 2.21. The van der Waals surface area contributed by atoms with Gasteiger partial charge >= 0.3 is 0 Å². The summed E-state index contributed by atoms with van der Waals surface area (Å²) in [7, 11) is 0. The van der Waals surface area contributed by atoms with E-state index in [2.05, 4.69) is 38.9 Å². The van der Waals surface area contributed by atoms with Gasteiger partial charge in [-0.3, -0.25) is 4.68 Å². The van der Waals surface area contributed by atoms with E-state index >= 15 is 0 Å². The summed E-state index contributed by atoms with van der Waals surface area (Å²) in [6.07, 6.45) is 1.85. The zero-order valence-electron chi connectivity index (χ0n) is 10.2. The second-order valence-electron chi connectivity index (χ2n) is 4.80. The Labute approximate surface area is 92.1 Å². The van der Waals surface area contributed by atoms with Crippen molar-refractivity contribution in [1.82, 2.24) is 9.78 Å². The molecule has 0 aliphatic heterocycles. The molecule has 0 spiro atoms. The molecule has 3 nitrogen and oxygen atoms in total. The molecule has 1 N–H and O–H groups in total. The molecule has 1 heterocycles. The van der Waals surface area contributed by atoms with E-state index in [1.165, 1.54) is 5.69 Å². The quantitative estimate of drug-likeness (QED) is 0.807. The molecular formula is C12H22N2O. The molecule has 86 valence electrons. The topological polar surface area (TPSA) is 38.0 Å². The predicted octanol–water partition coefficient (Wildman–Crippen LogP) is 2.03. The van der Waals surface area contributed by atoms with Crippen molar-refractivity contribution in [2.24, 2.45) is 5.41 Å². The van der Waals surface area contributed by atoms with Gasteiger partial charge in [-0.05, 0) is 31.2 Å². The van der Waals surface area contributed by atoms with Crippen molar-refractivity contribution in [1.29, 1.82) is 0 Å². The highest BCUT2D eigenvalue weighted by molar-refractivity contribution is 5.12. The molecule has 0 aromatic carbocycles. The molecule has 0 bridgehead atoms. The average molecular weight is 210 g/mol.